The molecule has 11 heteroatoms. The third-order valence-electron chi connectivity index (χ3n) is 11.1. The van der Waals surface area contributed by atoms with Crippen molar-refractivity contribution in [3.63, 3.8) is 0 Å². The average molecular weight is 715 g/mol. The van der Waals surface area contributed by atoms with Crippen molar-refractivity contribution in [2.24, 2.45) is 5.92 Å². The van der Waals surface area contributed by atoms with Gasteiger partial charge in [-0.25, -0.2) is 0 Å². The van der Waals surface area contributed by atoms with Crippen molar-refractivity contribution >= 4 is 79.9 Å². The molecule has 0 radical (unpaired) electrons. The summed E-state index contributed by atoms with van der Waals surface area (Å²) < 4.78 is 11.3. The molecule has 8 rings (SSSR count). The number of nitrogens with one attached hydrogen (secondary N) is 1. The number of benzene rings is 4. The maximum atomic E-state index is 14.8. The van der Waals surface area contributed by atoms with Crippen molar-refractivity contribution in [2.75, 3.05) is 34.6 Å². The Morgan fingerprint density at radius 1 is 0.760 bits per heavy atom. The second-order valence-electron chi connectivity index (χ2n) is 14.3. The van der Waals surface area contributed by atoms with Crippen LogP contribution in [0.1, 0.15) is 63.0 Å². The highest BCUT2D eigenvalue weighted by Gasteiger charge is 2.67. The SMILES string of the molecule is CC(=O)Oc1cc2c(c3ccccc13)C(CCl)CN2C(=O)C1(C)CCC2CC2(C(=O)N2CC(CCl)c3c2cc(OC(C)=O)c2ccccc32)N1. The highest BCUT2D eigenvalue weighted by atomic mass is 35.5. The summed E-state index contributed by atoms with van der Waals surface area (Å²) in [5.41, 5.74) is 1.26. The second kappa shape index (κ2) is 12.0. The van der Waals surface area contributed by atoms with Gasteiger partial charge in [0.2, 0.25) is 11.8 Å². The van der Waals surface area contributed by atoms with E-state index in [4.69, 9.17) is 32.7 Å². The molecule has 50 heavy (non-hydrogen) atoms. The van der Waals surface area contributed by atoms with E-state index < -0.39 is 23.0 Å². The van der Waals surface area contributed by atoms with Crippen molar-refractivity contribution in [3.05, 3.63) is 71.8 Å². The minimum absolute atomic E-state index is 0.0729. The van der Waals surface area contributed by atoms with Gasteiger partial charge in [-0.05, 0) is 54.0 Å². The maximum absolute atomic E-state index is 14.8. The lowest BCUT2D eigenvalue weighted by Gasteiger charge is -2.41. The highest BCUT2D eigenvalue weighted by Crippen LogP contribution is 2.56. The number of rotatable bonds is 6. The van der Waals surface area contributed by atoms with Crippen molar-refractivity contribution in [1.29, 1.82) is 0 Å². The third kappa shape index (κ3) is 5.00. The fraction of sp³-hybridized carbons (Fsp3) is 0.385. The molecule has 3 aliphatic heterocycles. The minimum Gasteiger partial charge on any atom is -0.426 e. The number of fused-ring (bicyclic) bond motifs is 7. The quantitative estimate of drug-likeness (QED) is 0.133. The van der Waals surface area contributed by atoms with Gasteiger partial charge in [-0.1, -0.05) is 48.5 Å². The number of halogens is 2. The number of alkyl halides is 2. The summed E-state index contributed by atoms with van der Waals surface area (Å²) in [6, 6.07) is 18.9. The Bertz CT molecular complexity index is 2000. The van der Waals surface area contributed by atoms with Gasteiger partial charge >= 0.3 is 11.9 Å². The summed E-state index contributed by atoms with van der Waals surface area (Å²) in [5.74, 6) is 0.0659. The smallest absolute Gasteiger partial charge is 0.308 e. The summed E-state index contributed by atoms with van der Waals surface area (Å²) >= 11 is 13.1. The van der Waals surface area contributed by atoms with Crippen LogP contribution < -0.4 is 24.6 Å². The zero-order valence-corrected chi connectivity index (χ0v) is 29.6. The Morgan fingerprint density at radius 3 is 1.68 bits per heavy atom. The van der Waals surface area contributed by atoms with Crippen LogP contribution in [0.5, 0.6) is 11.5 Å². The first-order chi connectivity index (χ1) is 24.0. The van der Waals surface area contributed by atoms with Crippen LogP contribution in [0.2, 0.25) is 0 Å². The van der Waals surface area contributed by atoms with Gasteiger partial charge in [0, 0.05) is 73.4 Å². The lowest BCUT2D eigenvalue weighted by Crippen LogP contribution is -2.66. The number of hydrogen-bond acceptors (Lipinski definition) is 7. The molecule has 5 unspecified atom stereocenters. The van der Waals surface area contributed by atoms with Crippen LogP contribution >= 0.6 is 23.2 Å². The van der Waals surface area contributed by atoms with Crippen molar-refractivity contribution in [2.45, 2.75) is 62.9 Å². The Balaban J connectivity index is 1.15. The monoisotopic (exact) mass is 713 g/mol. The van der Waals surface area contributed by atoms with E-state index in [2.05, 4.69) is 5.32 Å². The lowest BCUT2D eigenvalue weighted by molar-refractivity contribution is -0.132. The molecule has 2 fully saturated rings. The Morgan fingerprint density at radius 2 is 1.22 bits per heavy atom. The molecule has 2 amide bonds. The number of ether oxygens (including phenoxy) is 2. The van der Waals surface area contributed by atoms with E-state index >= 15 is 0 Å². The van der Waals surface area contributed by atoms with E-state index in [0.717, 1.165) is 32.7 Å². The molecule has 5 atom stereocenters. The van der Waals surface area contributed by atoms with Crippen LogP contribution in [-0.4, -0.2) is 59.7 Å². The molecule has 4 aromatic rings. The second-order valence-corrected chi connectivity index (χ2v) is 14.9. The number of nitrogens with zero attached hydrogens (tertiary/aromatic N) is 2. The number of piperidine rings is 1. The van der Waals surface area contributed by atoms with Crippen LogP contribution in [0.15, 0.2) is 60.7 Å². The van der Waals surface area contributed by atoms with Crippen LogP contribution in [0, 0.1) is 5.92 Å². The van der Waals surface area contributed by atoms with Crippen LogP contribution in [0.3, 0.4) is 0 Å². The van der Waals surface area contributed by atoms with Gasteiger partial charge < -0.3 is 19.3 Å². The molecular weight excluding hydrogens is 677 g/mol. The van der Waals surface area contributed by atoms with E-state index in [1.165, 1.54) is 13.8 Å². The van der Waals surface area contributed by atoms with Crippen molar-refractivity contribution in [3.8, 4) is 11.5 Å². The van der Waals surface area contributed by atoms with Crippen molar-refractivity contribution in [1.82, 2.24) is 5.32 Å². The number of hydrogen-bond donors (Lipinski definition) is 1. The molecule has 4 aromatic carbocycles. The normalized spacial score (nSPS) is 26.4. The molecule has 0 aromatic heterocycles. The largest absolute Gasteiger partial charge is 0.426 e. The average Bonchev–Trinajstić information content (AvgIpc) is 3.53. The Hall–Kier alpha value is -4.18. The molecule has 0 spiro atoms. The van der Waals surface area contributed by atoms with Gasteiger partial charge in [0.15, 0.2) is 0 Å². The first-order valence-corrected chi connectivity index (χ1v) is 18.1. The van der Waals surface area contributed by atoms with Gasteiger partial charge in [-0.15, -0.1) is 23.2 Å². The van der Waals surface area contributed by atoms with Crippen LogP contribution in [0.25, 0.3) is 21.5 Å². The van der Waals surface area contributed by atoms with Gasteiger partial charge in [0.1, 0.15) is 17.0 Å². The molecule has 3 heterocycles. The van der Waals surface area contributed by atoms with Gasteiger partial charge in [-0.3, -0.25) is 24.5 Å². The third-order valence-corrected chi connectivity index (χ3v) is 11.8. The van der Waals surface area contributed by atoms with Crippen LogP contribution in [-0.2, 0) is 19.2 Å². The fourth-order valence-electron chi connectivity index (χ4n) is 8.80. The predicted octanol–water partition coefficient (Wildman–Crippen LogP) is 6.78. The number of amides is 2. The molecule has 258 valence electrons. The Kier molecular flexibility index (Phi) is 7.89. The molecule has 1 saturated heterocycles. The summed E-state index contributed by atoms with van der Waals surface area (Å²) in [6.07, 6.45) is 1.86. The zero-order valence-electron chi connectivity index (χ0n) is 28.1. The molecule has 0 bridgehead atoms. The first-order valence-electron chi connectivity index (χ1n) is 17.0. The molecule has 1 saturated carbocycles. The highest BCUT2D eigenvalue weighted by molar-refractivity contribution is 6.20. The molecule has 1 aliphatic carbocycles. The molecular formula is C39H37Cl2N3O6. The number of carbonyl (C=O) groups is 4. The fourth-order valence-corrected chi connectivity index (χ4v) is 9.31. The van der Waals surface area contributed by atoms with Crippen molar-refractivity contribution < 1.29 is 28.7 Å². The van der Waals surface area contributed by atoms with E-state index in [9.17, 15) is 19.2 Å². The number of anilines is 2. The van der Waals surface area contributed by atoms with Gasteiger partial charge in [0.05, 0.1) is 16.9 Å². The van der Waals surface area contributed by atoms with Gasteiger partial charge in [0.25, 0.3) is 0 Å². The topological polar surface area (TPSA) is 105 Å². The summed E-state index contributed by atoms with van der Waals surface area (Å²) in [7, 11) is 0. The molecule has 9 nitrogen and oxygen atoms in total. The number of esters is 2. The van der Waals surface area contributed by atoms with E-state index in [1.807, 2.05) is 55.5 Å². The van der Waals surface area contributed by atoms with E-state index in [-0.39, 0.29) is 29.6 Å². The minimum atomic E-state index is -1.06. The van der Waals surface area contributed by atoms with Crippen LogP contribution in [0.4, 0.5) is 11.4 Å². The molecule has 4 aliphatic rings. The van der Waals surface area contributed by atoms with E-state index in [1.54, 1.807) is 21.9 Å². The lowest BCUT2D eigenvalue weighted by atomic mass is 9.85. The summed E-state index contributed by atoms with van der Waals surface area (Å²) in [4.78, 5) is 57.3. The first kappa shape index (κ1) is 33.0. The van der Waals surface area contributed by atoms with Gasteiger partial charge in [-0.2, -0.15) is 0 Å². The summed E-state index contributed by atoms with van der Waals surface area (Å²) in [5, 5.41) is 6.96. The number of carbonyl (C=O) groups excluding carboxylic acids is 4. The predicted molar refractivity (Wildman–Crippen MR) is 194 cm³/mol. The maximum Gasteiger partial charge on any atom is 0.308 e. The molecule has 1 N–H and O–H groups in total. The summed E-state index contributed by atoms with van der Waals surface area (Å²) in [6.45, 7) is 5.35. The standard InChI is InChI=1S/C39H37Cl2N3O6/c1-21(45)49-32-14-30-34(28-10-6-4-8-26(28)32)23(17-40)19-43(30)36(47)38(3)13-12-25-16-39(25,42-38)37(48)44-20-24(18-41)35-29-11-7-5-9-27(29)33(15-31(35)44)50-22(2)46/h4-11,14-15,23-25,42H,12-13,16-20H2,1-3H3. The zero-order chi connectivity index (χ0) is 35.1. The van der Waals surface area contributed by atoms with E-state index in [0.29, 0.717) is 67.0 Å². The Labute approximate surface area is 299 Å².